The second kappa shape index (κ2) is 7.62. The van der Waals surface area contributed by atoms with Crippen LogP contribution in [-0.4, -0.2) is 16.0 Å². The van der Waals surface area contributed by atoms with Gasteiger partial charge in [0.25, 0.3) is 0 Å². The molecule has 3 heteroatoms. The third-order valence-corrected chi connectivity index (χ3v) is 4.24. The lowest BCUT2D eigenvalue weighted by Crippen LogP contribution is -2.14. The van der Waals surface area contributed by atoms with E-state index in [1.165, 1.54) is 11.1 Å². The van der Waals surface area contributed by atoms with E-state index in [0.29, 0.717) is 5.75 Å². The first-order valence-electron chi connectivity index (χ1n) is 6.24. The Kier molecular flexibility index (Phi) is 6.45. The van der Waals surface area contributed by atoms with Gasteiger partial charge in [0.05, 0.1) is 0 Å². The third-order valence-electron chi connectivity index (χ3n) is 2.86. The van der Waals surface area contributed by atoms with Crippen molar-refractivity contribution in [2.75, 3.05) is 5.75 Å². The molecule has 0 aliphatic carbocycles. The zero-order chi connectivity index (χ0) is 12.7. The van der Waals surface area contributed by atoms with Gasteiger partial charge in [0.1, 0.15) is 0 Å². The SMILES string of the molecule is Cc1ccccc1CS(=O)CCCCC(C)N. The number of benzene rings is 1. The van der Waals surface area contributed by atoms with Gasteiger partial charge in [-0.15, -0.1) is 0 Å². The molecule has 2 N–H and O–H groups in total. The van der Waals surface area contributed by atoms with Crippen molar-refractivity contribution in [1.82, 2.24) is 0 Å². The second-order valence-corrected chi connectivity index (χ2v) is 6.26. The summed E-state index contributed by atoms with van der Waals surface area (Å²) in [4.78, 5) is 0. The molecular weight excluding hydrogens is 230 g/mol. The van der Waals surface area contributed by atoms with Crippen molar-refractivity contribution in [2.45, 2.75) is 44.9 Å². The highest BCUT2D eigenvalue weighted by molar-refractivity contribution is 7.84. The smallest absolute Gasteiger partial charge is 0.0488 e. The van der Waals surface area contributed by atoms with Gasteiger partial charge in [-0.05, 0) is 37.8 Å². The average molecular weight is 253 g/mol. The molecule has 0 heterocycles. The molecule has 1 aromatic carbocycles. The van der Waals surface area contributed by atoms with Crippen LogP contribution in [0, 0.1) is 6.92 Å². The van der Waals surface area contributed by atoms with Gasteiger partial charge in [-0.1, -0.05) is 30.7 Å². The Morgan fingerprint density at radius 1 is 1.29 bits per heavy atom. The lowest BCUT2D eigenvalue weighted by atomic mass is 10.1. The molecule has 2 unspecified atom stereocenters. The van der Waals surface area contributed by atoms with Crippen LogP contribution in [0.25, 0.3) is 0 Å². The maximum Gasteiger partial charge on any atom is 0.0488 e. The molecule has 17 heavy (non-hydrogen) atoms. The number of nitrogens with two attached hydrogens (primary N) is 1. The summed E-state index contributed by atoms with van der Waals surface area (Å²) >= 11 is 0. The molecule has 0 saturated carbocycles. The van der Waals surface area contributed by atoms with E-state index in [1.54, 1.807) is 0 Å². The summed E-state index contributed by atoms with van der Waals surface area (Å²) in [5, 5.41) is 0. The monoisotopic (exact) mass is 253 g/mol. The molecule has 2 atom stereocenters. The van der Waals surface area contributed by atoms with Gasteiger partial charge in [0, 0.05) is 28.3 Å². The summed E-state index contributed by atoms with van der Waals surface area (Å²) in [6, 6.07) is 8.43. The van der Waals surface area contributed by atoms with E-state index in [9.17, 15) is 4.21 Å². The Morgan fingerprint density at radius 2 is 2.00 bits per heavy atom. The van der Waals surface area contributed by atoms with Crippen molar-refractivity contribution >= 4 is 10.8 Å². The third kappa shape index (κ3) is 5.99. The minimum absolute atomic E-state index is 0.264. The highest BCUT2D eigenvalue weighted by Crippen LogP contribution is 2.11. The first kappa shape index (κ1) is 14.4. The predicted octanol–water partition coefficient (Wildman–Crippen LogP) is 2.76. The Hall–Kier alpha value is -0.670. The van der Waals surface area contributed by atoms with Gasteiger partial charge in [0.15, 0.2) is 0 Å². The lowest BCUT2D eigenvalue weighted by Gasteiger charge is -2.06. The quantitative estimate of drug-likeness (QED) is 0.759. The molecule has 0 radical (unpaired) electrons. The Bertz CT molecular complexity index is 363. The van der Waals surface area contributed by atoms with Crippen LogP contribution in [0.5, 0.6) is 0 Å². The summed E-state index contributed by atoms with van der Waals surface area (Å²) in [7, 11) is -0.737. The summed E-state index contributed by atoms with van der Waals surface area (Å²) in [6.07, 6.45) is 3.12. The largest absolute Gasteiger partial charge is 0.328 e. The first-order valence-corrected chi connectivity index (χ1v) is 7.73. The predicted molar refractivity (Wildman–Crippen MR) is 75.4 cm³/mol. The van der Waals surface area contributed by atoms with E-state index in [-0.39, 0.29) is 6.04 Å². The normalized spacial score (nSPS) is 14.5. The number of unbranched alkanes of at least 4 members (excludes halogenated alkanes) is 1. The molecule has 0 aliphatic heterocycles. The molecule has 0 aliphatic rings. The molecule has 0 bridgehead atoms. The molecule has 1 rings (SSSR count). The summed E-state index contributed by atoms with van der Waals surface area (Å²) < 4.78 is 11.9. The Labute approximate surface area is 107 Å². The van der Waals surface area contributed by atoms with Crippen molar-refractivity contribution in [1.29, 1.82) is 0 Å². The van der Waals surface area contributed by atoms with E-state index in [2.05, 4.69) is 19.1 Å². The van der Waals surface area contributed by atoms with Crippen LogP contribution < -0.4 is 5.73 Å². The molecule has 0 fully saturated rings. The molecule has 0 aromatic heterocycles. The van der Waals surface area contributed by atoms with Gasteiger partial charge < -0.3 is 5.73 Å². The van der Waals surface area contributed by atoms with Crippen LogP contribution in [0.2, 0.25) is 0 Å². The van der Waals surface area contributed by atoms with Crippen LogP contribution in [0.3, 0.4) is 0 Å². The molecule has 96 valence electrons. The maximum absolute atomic E-state index is 11.9. The molecule has 2 nitrogen and oxygen atoms in total. The van der Waals surface area contributed by atoms with Crippen molar-refractivity contribution in [3.63, 3.8) is 0 Å². The van der Waals surface area contributed by atoms with Gasteiger partial charge >= 0.3 is 0 Å². The van der Waals surface area contributed by atoms with E-state index in [4.69, 9.17) is 5.73 Å². The topological polar surface area (TPSA) is 43.1 Å². The molecular formula is C14H23NOS. The molecule has 0 saturated heterocycles. The minimum atomic E-state index is -0.737. The zero-order valence-corrected chi connectivity index (χ0v) is 11.6. The highest BCUT2D eigenvalue weighted by atomic mass is 32.2. The van der Waals surface area contributed by atoms with E-state index >= 15 is 0 Å². The van der Waals surface area contributed by atoms with E-state index in [1.807, 2.05) is 19.1 Å². The number of rotatable bonds is 7. The fraction of sp³-hybridized carbons (Fsp3) is 0.571. The van der Waals surface area contributed by atoms with Gasteiger partial charge in [0.2, 0.25) is 0 Å². The lowest BCUT2D eigenvalue weighted by molar-refractivity contribution is 0.613. The Morgan fingerprint density at radius 3 is 2.65 bits per heavy atom. The van der Waals surface area contributed by atoms with Gasteiger partial charge in [-0.25, -0.2) is 0 Å². The molecule has 0 amide bonds. The number of hydrogen-bond donors (Lipinski definition) is 1. The van der Waals surface area contributed by atoms with Crippen molar-refractivity contribution in [2.24, 2.45) is 5.73 Å². The number of hydrogen-bond acceptors (Lipinski definition) is 2. The van der Waals surface area contributed by atoms with Crippen LogP contribution in [0.4, 0.5) is 0 Å². The summed E-state index contributed by atoms with van der Waals surface area (Å²) in [6.45, 7) is 4.09. The first-order chi connectivity index (χ1) is 8.09. The van der Waals surface area contributed by atoms with E-state index < -0.39 is 10.8 Å². The fourth-order valence-corrected chi connectivity index (χ4v) is 3.09. The maximum atomic E-state index is 11.9. The minimum Gasteiger partial charge on any atom is -0.328 e. The van der Waals surface area contributed by atoms with E-state index in [0.717, 1.165) is 25.0 Å². The van der Waals surface area contributed by atoms with Gasteiger partial charge in [-0.3, -0.25) is 4.21 Å². The zero-order valence-electron chi connectivity index (χ0n) is 10.8. The van der Waals surface area contributed by atoms with Crippen LogP contribution >= 0.6 is 0 Å². The van der Waals surface area contributed by atoms with Crippen molar-refractivity contribution < 1.29 is 4.21 Å². The summed E-state index contributed by atoms with van der Waals surface area (Å²) in [5.41, 5.74) is 8.12. The average Bonchev–Trinajstić information content (AvgIpc) is 2.27. The van der Waals surface area contributed by atoms with Crippen molar-refractivity contribution in [3.05, 3.63) is 35.4 Å². The second-order valence-electron chi connectivity index (χ2n) is 4.69. The summed E-state index contributed by atoms with van der Waals surface area (Å²) in [5.74, 6) is 1.48. The van der Waals surface area contributed by atoms with Crippen LogP contribution in [-0.2, 0) is 16.6 Å². The van der Waals surface area contributed by atoms with Crippen LogP contribution in [0.1, 0.15) is 37.3 Å². The van der Waals surface area contributed by atoms with Crippen LogP contribution in [0.15, 0.2) is 24.3 Å². The fourth-order valence-electron chi connectivity index (χ4n) is 1.75. The van der Waals surface area contributed by atoms with Gasteiger partial charge in [-0.2, -0.15) is 0 Å². The number of aryl methyl sites for hydroxylation is 1. The van der Waals surface area contributed by atoms with Crippen molar-refractivity contribution in [3.8, 4) is 0 Å². The molecule has 0 spiro atoms. The highest BCUT2D eigenvalue weighted by Gasteiger charge is 2.04. The molecule has 1 aromatic rings. The Balaban J connectivity index is 2.28. The standard InChI is InChI=1S/C14H23NOS/c1-12-7-3-4-9-14(12)11-17(16)10-6-5-8-13(2)15/h3-4,7,9,13H,5-6,8,10-11,15H2,1-2H3.